The van der Waals surface area contributed by atoms with Gasteiger partial charge < -0.3 is 36.7 Å². The van der Waals surface area contributed by atoms with E-state index < -0.39 is 25.2 Å². The Morgan fingerprint density at radius 1 is 0.891 bits per heavy atom. The molecule has 0 bridgehead atoms. The van der Waals surface area contributed by atoms with Crippen LogP contribution in [0, 0.1) is 19.3 Å². The van der Waals surface area contributed by atoms with Crippen LogP contribution in [0.5, 0.6) is 0 Å². The number of carbonyl (C=O) groups excluding carboxylic acids is 3. The number of aromatic nitrogens is 2. The minimum Gasteiger partial charge on any atom is -0.402 e. The van der Waals surface area contributed by atoms with Crippen molar-refractivity contribution in [2.45, 2.75) is 124 Å². The third-order valence-electron chi connectivity index (χ3n) is 8.95. The number of aryl methyl sites for hydroxylation is 2. The lowest BCUT2D eigenvalue weighted by Crippen LogP contribution is -2.49. The average Bonchev–Trinajstić information content (AvgIpc) is 3.80. The van der Waals surface area contributed by atoms with Crippen LogP contribution in [0.3, 0.4) is 0 Å². The second-order valence-electron chi connectivity index (χ2n) is 14.3. The van der Waals surface area contributed by atoms with Gasteiger partial charge in [-0.15, -0.1) is 0 Å². The van der Waals surface area contributed by atoms with Gasteiger partial charge in [0.1, 0.15) is 0 Å². The number of epoxide rings is 1. The molecule has 1 aromatic rings. The lowest BCUT2D eigenvalue weighted by molar-refractivity contribution is 0.0529. The van der Waals surface area contributed by atoms with Crippen molar-refractivity contribution in [1.29, 1.82) is 5.41 Å². The number of unbranched alkanes of at least 4 members (excludes halogenated alkanes) is 6. The molecule has 0 aromatic carbocycles. The molecule has 0 radical (unpaired) electrons. The van der Waals surface area contributed by atoms with Gasteiger partial charge >= 0.3 is 18.1 Å². The maximum Gasteiger partial charge on any atom is 0.330 e. The highest BCUT2D eigenvalue weighted by Gasteiger charge is 2.56. The zero-order chi connectivity index (χ0) is 40.5. The summed E-state index contributed by atoms with van der Waals surface area (Å²) in [5, 5.41) is 43.9. The van der Waals surface area contributed by atoms with Gasteiger partial charge in [0.15, 0.2) is 12.5 Å². The van der Waals surface area contributed by atoms with Gasteiger partial charge in [0.2, 0.25) is 12.7 Å². The number of imide groups is 1. The van der Waals surface area contributed by atoms with Gasteiger partial charge in [0.25, 0.3) is 0 Å². The van der Waals surface area contributed by atoms with Crippen LogP contribution in [0.15, 0.2) is 34.6 Å². The summed E-state index contributed by atoms with van der Waals surface area (Å²) in [5.74, 6) is 0. The Balaban J connectivity index is 1.50. The Bertz CT molecular complexity index is 1520. The van der Waals surface area contributed by atoms with E-state index in [4.69, 9.17) is 15.9 Å². The molecule has 4 atom stereocenters. The third-order valence-corrected chi connectivity index (χ3v) is 8.95. The molecule has 308 valence electrons. The van der Waals surface area contributed by atoms with E-state index in [1.54, 1.807) is 54.3 Å². The van der Waals surface area contributed by atoms with E-state index >= 15 is 0 Å². The number of rotatable bonds is 25. The van der Waals surface area contributed by atoms with Crippen LogP contribution in [-0.2, 0) is 4.74 Å². The first kappa shape index (κ1) is 45.0. The number of nitrogens with zero attached hydrogens (tertiary/aromatic N) is 6. The van der Waals surface area contributed by atoms with Crippen LogP contribution >= 0.6 is 0 Å². The van der Waals surface area contributed by atoms with Gasteiger partial charge in [-0.25, -0.2) is 29.0 Å². The van der Waals surface area contributed by atoms with Crippen molar-refractivity contribution in [1.82, 2.24) is 45.7 Å². The molecular formula is C37H64N12O6. The summed E-state index contributed by atoms with van der Waals surface area (Å²) in [6.45, 7) is 13.2. The van der Waals surface area contributed by atoms with Gasteiger partial charge in [-0.05, 0) is 118 Å². The highest BCUT2D eigenvalue weighted by Crippen LogP contribution is 2.35. The lowest BCUT2D eigenvalue weighted by Gasteiger charge is -2.29. The third kappa shape index (κ3) is 15.7. The molecule has 1 aromatic heterocycles. The number of ether oxygens (including phenoxy) is 1. The molecule has 18 heteroatoms. The Morgan fingerprint density at radius 3 is 2.00 bits per heavy atom. The molecule has 0 saturated carbocycles. The number of allylic oxidation sites excluding steroid dienone is 4. The normalized spacial score (nSPS) is 19.0. The lowest BCUT2D eigenvalue weighted by atomic mass is 10.2. The number of aliphatic hydroxyl groups is 2. The standard InChI is InChI=1S/C37H64N12O6/c1-25(38)22-27(3)43-33(50)40-16-10-7-13-19-46-31-32(55-31)47(20-14-9-12-18-42-35(52)49-30(6)24-29(5)45-49)37(54)48(36(46)53)21-15-8-11-17-41-34(51)44-28(4)23-26(2)39/h22-24,31-33,35,39-40,42,50,52H,7-21,38H2,1-6H3,(H2,41,44,51)/b25-22?,28-23-,39-26?,43-27?. The highest BCUT2D eigenvalue weighted by molar-refractivity contribution is 5.95. The monoisotopic (exact) mass is 773 g/mol. The topological polar surface area (TPSA) is 242 Å². The van der Waals surface area contributed by atoms with E-state index in [0.717, 1.165) is 37.1 Å². The van der Waals surface area contributed by atoms with Crippen LogP contribution in [0.4, 0.5) is 14.4 Å². The molecule has 4 unspecified atom stereocenters. The second-order valence-corrected chi connectivity index (χ2v) is 14.3. The molecule has 2 aliphatic heterocycles. The molecule has 3 rings (SSSR count). The molecule has 6 amide bonds. The fourth-order valence-electron chi connectivity index (χ4n) is 6.37. The van der Waals surface area contributed by atoms with E-state index in [0.29, 0.717) is 87.6 Å². The number of aliphatic hydroxyl groups excluding tert-OH is 2. The Kier molecular flexibility index (Phi) is 18.7. The van der Waals surface area contributed by atoms with E-state index in [9.17, 15) is 24.6 Å². The number of urea groups is 3. The van der Waals surface area contributed by atoms with Crippen molar-refractivity contribution in [3.63, 3.8) is 0 Å². The summed E-state index contributed by atoms with van der Waals surface area (Å²) in [7, 11) is 0. The van der Waals surface area contributed by atoms with Crippen molar-refractivity contribution in [2.75, 3.05) is 39.3 Å². The molecule has 9 N–H and O–H groups in total. The Morgan fingerprint density at radius 2 is 1.45 bits per heavy atom. The van der Waals surface area contributed by atoms with E-state index in [1.807, 2.05) is 19.9 Å². The summed E-state index contributed by atoms with van der Waals surface area (Å²) in [4.78, 5) is 48.7. The number of amides is 6. The van der Waals surface area contributed by atoms with Gasteiger partial charge in [0, 0.05) is 54.7 Å². The predicted molar refractivity (Wildman–Crippen MR) is 211 cm³/mol. The summed E-state index contributed by atoms with van der Waals surface area (Å²) < 4.78 is 7.48. The smallest absolute Gasteiger partial charge is 0.330 e. The second kappa shape index (κ2) is 22.9. The van der Waals surface area contributed by atoms with Gasteiger partial charge in [-0.1, -0.05) is 12.8 Å². The summed E-state index contributed by atoms with van der Waals surface area (Å²) in [5.41, 5.74) is 9.50. The number of nitrogens with two attached hydrogens (primary N) is 1. The Labute approximate surface area is 325 Å². The van der Waals surface area contributed by atoms with Crippen LogP contribution < -0.4 is 27.0 Å². The largest absolute Gasteiger partial charge is 0.402 e. The SMILES string of the molecule is CC(=N)/C=C(/C)NC(=O)NCCCCCN1C(=O)N(CCCCCNC(O)N=C(C)C=C(C)N)C2OC2N(CCCCCNC(O)n2nc(C)cc2C)C1=O. The molecule has 0 spiro atoms. The number of hydrogen-bond donors (Lipinski definition) is 8. The van der Waals surface area contributed by atoms with Crippen molar-refractivity contribution < 1.29 is 29.3 Å². The minimum absolute atomic E-state index is 0.242. The quantitative estimate of drug-likeness (QED) is 0.0312. The van der Waals surface area contributed by atoms with Crippen LogP contribution in [0.25, 0.3) is 0 Å². The van der Waals surface area contributed by atoms with Gasteiger partial charge in [-0.3, -0.25) is 20.4 Å². The molecule has 2 aliphatic rings. The average molecular weight is 773 g/mol. The highest BCUT2D eigenvalue weighted by atomic mass is 16.6. The van der Waals surface area contributed by atoms with Gasteiger partial charge in [0.05, 0.1) is 5.69 Å². The van der Waals surface area contributed by atoms with E-state index in [2.05, 4.69) is 31.4 Å². The summed E-state index contributed by atoms with van der Waals surface area (Å²) in [6, 6.07) is 0.817. The fraction of sp³-hybridized carbons (Fsp3) is 0.676. The molecule has 0 aliphatic carbocycles. The van der Waals surface area contributed by atoms with Crippen molar-refractivity contribution >= 4 is 29.5 Å². The summed E-state index contributed by atoms with van der Waals surface area (Å²) >= 11 is 0. The molecule has 3 heterocycles. The fourth-order valence-corrected chi connectivity index (χ4v) is 6.37. The van der Waals surface area contributed by atoms with Crippen molar-refractivity contribution in [3.05, 3.63) is 41.0 Å². The first-order valence-electron chi connectivity index (χ1n) is 19.3. The first-order chi connectivity index (χ1) is 26.2. The molecular weight excluding hydrogens is 708 g/mol. The number of nitrogens with one attached hydrogen (secondary N) is 5. The van der Waals surface area contributed by atoms with E-state index in [-0.39, 0.29) is 24.6 Å². The summed E-state index contributed by atoms with van der Waals surface area (Å²) in [6.07, 6.45) is 6.69. The van der Waals surface area contributed by atoms with Crippen molar-refractivity contribution in [2.24, 2.45) is 10.7 Å². The first-order valence-corrected chi connectivity index (χ1v) is 19.3. The Hall–Kier alpha value is -4.36. The van der Waals surface area contributed by atoms with Crippen LogP contribution in [0.2, 0.25) is 0 Å². The van der Waals surface area contributed by atoms with Crippen molar-refractivity contribution in [3.8, 4) is 0 Å². The number of carbonyl (C=O) groups is 3. The zero-order valence-corrected chi connectivity index (χ0v) is 33.4. The van der Waals surface area contributed by atoms with Gasteiger partial charge in [-0.2, -0.15) is 5.10 Å². The maximum absolute atomic E-state index is 13.9. The number of aliphatic imine (C=N–C) groups is 1. The number of hydrogen-bond acceptors (Lipinski definition) is 12. The maximum atomic E-state index is 13.9. The molecule has 55 heavy (non-hydrogen) atoms. The zero-order valence-electron chi connectivity index (χ0n) is 33.4. The van der Waals surface area contributed by atoms with Crippen LogP contribution in [-0.4, -0.2) is 122 Å². The molecule has 2 fully saturated rings. The predicted octanol–water partition coefficient (Wildman–Crippen LogP) is 3.32. The number of fused-ring (bicyclic) bond motifs is 1. The van der Waals surface area contributed by atoms with E-state index in [1.165, 1.54) is 4.90 Å². The molecule has 18 nitrogen and oxygen atoms in total. The van der Waals surface area contributed by atoms with Crippen LogP contribution in [0.1, 0.15) is 103 Å². The minimum atomic E-state index is -1.04. The molecule has 2 saturated heterocycles.